The standard InChI is InChI=1S/C22H26O6/c1-5-6-13-7-14(9-17(19(13)23)21(25)26)12(4)15-8-16(11(2)3)20(24)18(10-15)22(27)28/h7-12,23-24H,5-6H2,1-4H3,(H,25,26)(H,27,28). The molecule has 6 heteroatoms. The van der Waals surface area contributed by atoms with Gasteiger partial charge in [-0.15, -0.1) is 0 Å². The molecule has 1 unspecified atom stereocenters. The third-order valence-electron chi connectivity index (χ3n) is 4.98. The fourth-order valence-corrected chi connectivity index (χ4v) is 3.32. The van der Waals surface area contributed by atoms with Gasteiger partial charge in [0.25, 0.3) is 0 Å². The summed E-state index contributed by atoms with van der Waals surface area (Å²) in [4.78, 5) is 23.1. The van der Waals surface area contributed by atoms with E-state index >= 15 is 0 Å². The average Bonchev–Trinajstić information content (AvgIpc) is 2.62. The quantitative estimate of drug-likeness (QED) is 0.547. The highest BCUT2D eigenvalue weighted by molar-refractivity contribution is 5.92. The van der Waals surface area contributed by atoms with Crippen molar-refractivity contribution in [2.75, 3.05) is 0 Å². The molecule has 28 heavy (non-hydrogen) atoms. The molecule has 0 aliphatic heterocycles. The van der Waals surface area contributed by atoms with Crippen LogP contribution in [0.25, 0.3) is 0 Å². The third kappa shape index (κ3) is 4.11. The Labute approximate surface area is 164 Å². The lowest BCUT2D eigenvalue weighted by atomic mass is 9.86. The molecule has 0 heterocycles. The fraction of sp³-hybridized carbons (Fsp3) is 0.364. The first kappa shape index (κ1) is 21.3. The summed E-state index contributed by atoms with van der Waals surface area (Å²) in [6.07, 6.45) is 1.27. The maximum absolute atomic E-state index is 11.6. The van der Waals surface area contributed by atoms with Crippen LogP contribution in [0.1, 0.15) is 88.9 Å². The summed E-state index contributed by atoms with van der Waals surface area (Å²) >= 11 is 0. The second kappa shape index (κ2) is 8.33. The lowest BCUT2D eigenvalue weighted by Crippen LogP contribution is -2.07. The summed E-state index contributed by atoms with van der Waals surface area (Å²) in [6.45, 7) is 7.50. The van der Waals surface area contributed by atoms with Crippen molar-refractivity contribution in [2.24, 2.45) is 0 Å². The molecule has 2 rings (SSSR count). The largest absolute Gasteiger partial charge is 0.507 e. The van der Waals surface area contributed by atoms with Gasteiger partial charge in [-0.1, -0.05) is 46.2 Å². The van der Waals surface area contributed by atoms with Gasteiger partial charge in [0.05, 0.1) is 0 Å². The van der Waals surface area contributed by atoms with Crippen molar-refractivity contribution in [2.45, 2.75) is 52.4 Å². The van der Waals surface area contributed by atoms with Gasteiger partial charge < -0.3 is 20.4 Å². The van der Waals surface area contributed by atoms with Crippen LogP contribution in [0, 0.1) is 0 Å². The maximum atomic E-state index is 11.6. The molecule has 2 aromatic carbocycles. The molecular weight excluding hydrogens is 360 g/mol. The summed E-state index contributed by atoms with van der Waals surface area (Å²) in [5, 5.41) is 39.4. The van der Waals surface area contributed by atoms with Gasteiger partial charge in [-0.3, -0.25) is 0 Å². The molecule has 2 aromatic rings. The van der Waals surface area contributed by atoms with E-state index in [9.17, 15) is 30.0 Å². The molecule has 4 N–H and O–H groups in total. The predicted octanol–water partition coefficient (Wildman–Crippen LogP) is 4.72. The van der Waals surface area contributed by atoms with Crippen molar-refractivity contribution in [3.8, 4) is 11.5 Å². The summed E-state index contributed by atoms with van der Waals surface area (Å²) in [5.41, 5.74) is 2.03. The van der Waals surface area contributed by atoms with E-state index in [2.05, 4.69) is 0 Å². The van der Waals surface area contributed by atoms with Gasteiger partial charge in [0.15, 0.2) is 0 Å². The number of hydrogen-bond donors (Lipinski definition) is 4. The highest BCUT2D eigenvalue weighted by Crippen LogP contribution is 2.37. The summed E-state index contributed by atoms with van der Waals surface area (Å²) in [7, 11) is 0. The van der Waals surface area contributed by atoms with E-state index in [1.165, 1.54) is 12.1 Å². The van der Waals surface area contributed by atoms with E-state index in [-0.39, 0.29) is 34.5 Å². The number of rotatable bonds is 7. The SMILES string of the molecule is CCCc1cc(C(C)c2cc(C(=O)O)c(O)c(C(C)C)c2)cc(C(=O)O)c1O. The van der Waals surface area contributed by atoms with Crippen molar-refractivity contribution >= 4 is 11.9 Å². The number of hydrogen-bond acceptors (Lipinski definition) is 4. The van der Waals surface area contributed by atoms with Crippen LogP contribution < -0.4 is 0 Å². The first-order chi connectivity index (χ1) is 13.1. The summed E-state index contributed by atoms with van der Waals surface area (Å²) in [5.74, 6) is -3.34. The minimum atomic E-state index is -1.22. The van der Waals surface area contributed by atoms with Crippen molar-refractivity contribution in [1.29, 1.82) is 0 Å². The Morgan fingerprint density at radius 3 is 1.82 bits per heavy atom. The van der Waals surface area contributed by atoms with Crippen molar-refractivity contribution in [3.05, 3.63) is 57.6 Å². The second-order valence-corrected chi connectivity index (χ2v) is 7.32. The van der Waals surface area contributed by atoms with Gasteiger partial charge in [-0.05, 0) is 46.7 Å². The molecule has 6 nitrogen and oxygen atoms in total. The monoisotopic (exact) mass is 386 g/mol. The highest BCUT2D eigenvalue weighted by Gasteiger charge is 2.22. The topological polar surface area (TPSA) is 115 Å². The van der Waals surface area contributed by atoms with Crippen LogP contribution in [0.5, 0.6) is 11.5 Å². The Balaban J connectivity index is 2.67. The number of benzene rings is 2. The zero-order chi connectivity index (χ0) is 21.2. The molecule has 0 fully saturated rings. The maximum Gasteiger partial charge on any atom is 0.339 e. The van der Waals surface area contributed by atoms with Crippen LogP contribution in [0.4, 0.5) is 0 Å². The Hall–Kier alpha value is -3.02. The Morgan fingerprint density at radius 1 is 0.857 bits per heavy atom. The zero-order valence-electron chi connectivity index (χ0n) is 16.5. The van der Waals surface area contributed by atoms with Crippen LogP contribution in [0.2, 0.25) is 0 Å². The minimum absolute atomic E-state index is 0.0877. The molecule has 1 atom stereocenters. The zero-order valence-corrected chi connectivity index (χ0v) is 16.5. The van der Waals surface area contributed by atoms with Crippen molar-refractivity contribution < 1.29 is 30.0 Å². The summed E-state index contributed by atoms with van der Waals surface area (Å²) < 4.78 is 0. The van der Waals surface area contributed by atoms with Crippen molar-refractivity contribution in [1.82, 2.24) is 0 Å². The molecule has 0 saturated heterocycles. The van der Waals surface area contributed by atoms with E-state index in [0.29, 0.717) is 28.7 Å². The number of aromatic carboxylic acids is 2. The van der Waals surface area contributed by atoms with Crippen LogP contribution in [0.15, 0.2) is 24.3 Å². The smallest absolute Gasteiger partial charge is 0.339 e. The molecule has 0 radical (unpaired) electrons. The molecule has 0 bridgehead atoms. The molecule has 150 valence electrons. The van der Waals surface area contributed by atoms with Crippen LogP contribution in [0.3, 0.4) is 0 Å². The number of carbonyl (C=O) groups is 2. The molecule has 0 aromatic heterocycles. The van der Waals surface area contributed by atoms with E-state index in [1.54, 1.807) is 12.1 Å². The Bertz CT molecular complexity index is 914. The number of aromatic hydroxyl groups is 2. The van der Waals surface area contributed by atoms with Gasteiger partial charge in [0.2, 0.25) is 0 Å². The lowest BCUT2D eigenvalue weighted by Gasteiger charge is -2.20. The Morgan fingerprint density at radius 2 is 1.36 bits per heavy atom. The average molecular weight is 386 g/mol. The van der Waals surface area contributed by atoms with Crippen LogP contribution in [-0.4, -0.2) is 32.4 Å². The Kier molecular flexibility index (Phi) is 6.33. The van der Waals surface area contributed by atoms with Gasteiger partial charge >= 0.3 is 11.9 Å². The molecule has 0 aliphatic carbocycles. The van der Waals surface area contributed by atoms with Gasteiger partial charge in [-0.2, -0.15) is 0 Å². The number of phenols is 2. The lowest BCUT2D eigenvalue weighted by molar-refractivity contribution is 0.0682. The highest BCUT2D eigenvalue weighted by atomic mass is 16.4. The molecule has 0 amide bonds. The minimum Gasteiger partial charge on any atom is -0.507 e. The van der Waals surface area contributed by atoms with E-state index in [4.69, 9.17) is 0 Å². The van der Waals surface area contributed by atoms with Gasteiger partial charge in [0, 0.05) is 5.92 Å². The molecule has 0 saturated carbocycles. The molecular formula is C22H26O6. The van der Waals surface area contributed by atoms with E-state index in [0.717, 1.165) is 6.42 Å². The predicted molar refractivity (Wildman–Crippen MR) is 106 cm³/mol. The molecule has 0 aliphatic rings. The number of aryl methyl sites for hydroxylation is 1. The first-order valence-corrected chi connectivity index (χ1v) is 9.27. The normalized spacial score (nSPS) is 12.2. The fourth-order valence-electron chi connectivity index (χ4n) is 3.32. The first-order valence-electron chi connectivity index (χ1n) is 9.27. The van der Waals surface area contributed by atoms with Crippen LogP contribution >= 0.6 is 0 Å². The van der Waals surface area contributed by atoms with E-state index in [1.807, 2.05) is 27.7 Å². The molecule has 0 spiro atoms. The second-order valence-electron chi connectivity index (χ2n) is 7.32. The number of carboxylic acids is 2. The van der Waals surface area contributed by atoms with E-state index < -0.39 is 11.9 Å². The van der Waals surface area contributed by atoms with Gasteiger partial charge in [0.1, 0.15) is 22.6 Å². The number of carboxylic acid groups (broad SMARTS) is 2. The van der Waals surface area contributed by atoms with Gasteiger partial charge in [-0.25, -0.2) is 9.59 Å². The van der Waals surface area contributed by atoms with Crippen molar-refractivity contribution in [3.63, 3.8) is 0 Å². The van der Waals surface area contributed by atoms with Crippen LogP contribution in [-0.2, 0) is 6.42 Å². The third-order valence-corrected chi connectivity index (χ3v) is 4.98. The summed E-state index contributed by atoms with van der Waals surface area (Å²) in [6, 6.07) is 6.35.